The zero-order valence-corrected chi connectivity index (χ0v) is 8.35. The molecule has 1 aromatic heterocycles. The molecule has 1 aromatic rings. The largest absolute Gasteiger partial charge is 0.363 e. The van der Waals surface area contributed by atoms with E-state index >= 15 is 0 Å². The van der Waals surface area contributed by atoms with Crippen molar-refractivity contribution in [2.75, 3.05) is 0 Å². The maximum atomic E-state index is 5.90. The van der Waals surface area contributed by atoms with E-state index in [4.69, 9.17) is 5.73 Å². The van der Waals surface area contributed by atoms with Gasteiger partial charge in [0.1, 0.15) is 0 Å². The molecule has 3 heteroatoms. The molecule has 0 aliphatic carbocycles. The third-order valence-electron chi connectivity index (χ3n) is 1.75. The van der Waals surface area contributed by atoms with E-state index in [2.05, 4.69) is 34.8 Å². The van der Waals surface area contributed by atoms with Gasteiger partial charge in [0.2, 0.25) is 0 Å². The standard InChI is InChI=1S/C8H13BrN2/c1-5(2)8(10)7-3-6(9)4-11-7/h3-5,8,11H,10H2,1-2H3/t8-/m0/s1. The summed E-state index contributed by atoms with van der Waals surface area (Å²) in [6, 6.07) is 2.13. The first-order valence-corrected chi connectivity index (χ1v) is 4.50. The highest BCUT2D eigenvalue weighted by Crippen LogP contribution is 2.20. The van der Waals surface area contributed by atoms with Crippen LogP contribution in [0.15, 0.2) is 16.7 Å². The summed E-state index contributed by atoms with van der Waals surface area (Å²) in [5, 5.41) is 0. The van der Waals surface area contributed by atoms with Gasteiger partial charge in [0.05, 0.1) is 0 Å². The van der Waals surface area contributed by atoms with Gasteiger partial charge >= 0.3 is 0 Å². The van der Waals surface area contributed by atoms with Crippen molar-refractivity contribution in [3.05, 3.63) is 22.4 Å². The van der Waals surface area contributed by atoms with E-state index in [1.54, 1.807) is 0 Å². The fourth-order valence-electron chi connectivity index (χ4n) is 0.936. The lowest BCUT2D eigenvalue weighted by Crippen LogP contribution is -2.16. The van der Waals surface area contributed by atoms with Crippen LogP contribution in [0.1, 0.15) is 25.6 Å². The number of halogens is 1. The molecule has 0 aromatic carbocycles. The zero-order chi connectivity index (χ0) is 8.43. The molecule has 0 bridgehead atoms. The van der Waals surface area contributed by atoms with Gasteiger partial charge in [-0.05, 0) is 27.9 Å². The third-order valence-corrected chi connectivity index (χ3v) is 2.21. The molecule has 62 valence electrons. The molecular weight excluding hydrogens is 204 g/mol. The van der Waals surface area contributed by atoms with Gasteiger partial charge in [0, 0.05) is 22.4 Å². The van der Waals surface area contributed by atoms with Crippen LogP contribution in [0.5, 0.6) is 0 Å². The highest BCUT2D eigenvalue weighted by Gasteiger charge is 2.11. The predicted octanol–water partition coefficient (Wildman–Crippen LogP) is 2.43. The lowest BCUT2D eigenvalue weighted by atomic mass is 10.0. The number of hydrogen-bond donors (Lipinski definition) is 2. The number of aromatic amines is 1. The molecule has 2 nitrogen and oxygen atoms in total. The topological polar surface area (TPSA) is 41.8 Å². The van der Waals surface area contributed by atoms with Crippen LogP contribution in [0, 0.1) is 5.92 Å². The van der Waals surface area contributed by atoms with E-state index in [1.807, 2.05) is 12.3 Å². The second kappa shape index (κ2) is 3.41. The molecule has 1 rings (SSSR count). The minimum atomic E-state index is 0.112. The molecule has 0 saturated carbocycles. The Morgan fingerprint density at radius 3 is 2.55 bits per heavy atom. The summed E-state index contributed by atoms with van der Waals surface area (Å²) in [6.45, 7) is 4.22. The van der Waals surface area contributed by atoms with Crippen LogP contribution in [0.4, 0.5) is 0 Å². The average Bonchev–Trinajstić information content (AvgIpc) is 2.34. The summed E-state index contributed by atoms with van der Waals surface area (Å²) in [4.78, 5) is 3.11. The molecule has 1 atom stereocenters. The SMILES string of the molecule is CC(C)[C@H](N)c1cc(Br)c[nH]1. The van der Waals surface area contributed by atoms with Crippen molar-refractivity contribution in [2.24, 2.45) is 11.7 Å². The number of nitrogens with two attached hydrogens (primary N) is 1. The molecule has 0 saturated heterocycles. The van der Waals surface area contributed by atoms with E-state index in [0.717, 1.165) is 10.2 Å². The molecule has 0 aliphatic rings. The summed E-state index contributed by atoms with van der Waals surface area (Å²) in [7, 11) is 0. The third kappa shape index (κ3) is 2.07. The van der Waals surface area contributed by atoms with E-state index in [1.165, 1.54) is 0 Å². The monoisotopic (exact) mass is 216 g/mol. The van der Waals surface area contributed by atoms with E-state index in [9.17, 15) is 0 Å². The Morgan fingerprint density at radius 2 is 2.18 bits per heavy atom. The second-order valence-electron chi connectivity index (χ2n) is 3.04. The van der Waals surface area contributed by atoms with Gasteiger partial charge in [-0.2, -0.15) is 0 Å². The van der Waals surface area contributed by atoms with Crippen LogP contribution in [-0.4, -0.2) is 4.98 Å². The Labute approximate surface area is 75.3 Å². The molecule has 0 fully saturated rings. The Bertz CT molecular complexity index is 230. The van der Waals surface area contributed by atoms with Crippen molar-refractivity contribution in [2.45, 2.75) is 19.9 Å². The summed E-state index contributed by atoms with van der Waals surface area (Å²) >= 11 is 3.36. The first-order chi connectivity index (χ1) is 5.11. The molecule has 11 heavy (non-hydrogen) atoms. The molecule has 3 N–H and O–H groups in total. The summed E-state index contributed by atoms with van der Waals surface area (Å²) in [6.07, 6.45) is 1.90. The molecule has 0 unspecified atom stereocenters. The fourth-order valence-corrected chi connectivity index (χ4v) is 1.30. The maximum absolute atomic E-state index is 5.90. The Balaban J connectivity index is 2.76. The molecule has 0 aliphatic heterocycles. The van der Waals surface area contributed by atoms with Gasteiger partial charge < -0.3 is 10.7 Å². The quantitative estimate of drug-likeness (QED) is 0.784. The lowest BCUT2D eigenvalue weighted by molar-refractivity contribution is 0.505. The number of aromatic nitrogens is 1. The molecule has 0 spiro atoms. The number of rotatable bonds is 2. The lowest BCUT2D eigenvalue weighted by Gasteiger charge is -2.12. The first kappa shape index (κ1) is 8.81. The van der Waals surface area contributed by atoms with E-state index in [-0.39, 0.29) is 6.04 Å². The number of nitrogens with one attached hydrogen (secondary N) is 1. The predicted molar refractivity (Wildman–Crippen MR) is 50.3 cm³/mol. The van der Waals surface area contributed by atoms with Crippen LogP contribution in [0.2, 0.25) is 0 Å². The van der Waals surface area contributed by atoms with Crippen molar-refractivity contribution in [1.82, 2.24) is 4.98 Å². The smallest absolute Gasteiger partial charge is 0.0471 e. The average molecular weight is 217 g/mol. The van der Waals surface area contributed by atoms with Crippen molar-refractivity contribution < 1.29 is 0 Å². The van der Waals surface area contributed by atoms with Crippen LogP contribution < -0.4 is 5.73 Å². The van der Waals surface area contributed by atoms with Gasteiger partial charge in [0.25, 0.3) is 0 Å². The van der Waals surface area contributed by atoms with Crippen molar-refractivity contribution in [3.8, 4) is 0 Å². The van der Waals surface area contributed by atoms with Crippen LogP contribution in [0.3, 0.4) is 0 Å². The summed E-state index contributed by atoms with van der Waals surface area (Å²) in [5.74, 6) is 0.473. The summed E-state index contributed by atoms with van der Waals surface area (Å²) in [5.41, 5.74) is 6.99. The van der Waals surface area contributed by atoms with Crippen LogP contribution in [-0.2, 0) is 0 Å². The Morgan fingerprint density at radius 1 is 1.55 bits per heavy atom. The molecule has 0 amide bonds. The van der Waals surface area contributed by atoms with Gasteiger partial charge in [-0.15, -0.1) is 0 Å². The second-order valence-corrected chi connectivity index (χ2v) is 3.96. The first-order valence-electron chi connectivity index (χ1n) is 3.70. The summed E-state index contributed by atoms with van der Waals surface area (Å²) < 4.78 is 1.06. The number of hydrogen-bond acceptors (Lipinski definition) is 1. The van der Waals surface area contributed by atoms with Crippen molar-refractivity contribution in [1.29, 1.82) is 0 Å². The van der Waals surface area contributed by atoms with Crippen LogP contribution >= 0.6 is 15.9 Å². The Hall–Kier alpha value is -0.280. The molecular formula is C8H13BrN2. The van der Waals surface area contributed by atoms with Gasteiger partial charge in [0.15, 0.2) is 0 Å². The zero-order valence-electron chi connectivity index (χ0n) is 6.76. The molecule has 0 radical (unpaired) electrons. The number of H-pyrrole nitrogens is 1. The van der Waals surface area contributed by atoms with Crippen LogP contribution in [0.25, 0.3) is 0 Å². The minimum Gasteiger partial charge on any atom is -0.363 e. The fraction of sp³-hybridized carbons (Fsp3) is 0.500. The normalized spacial score (nSPS) is 13.9. The van der Waals surface area contributed by atoms with E-state index < -0.39 is 0 Å². The highest BCUT2D eigenvalue weighted by atomic mass is 79.9. The van der Waals surface area contributed by atoms with Crippen molar-refractivity contribution >= 4 is 15.9 Å². The minimum absolute atomic E-state index is 0.112. The van der Waals surface area contributed by atoms with Gasteiger partial charge in [-0.1, -0.05) is 13.8 Å². The molecule has 1 heterocycles. The van der Waals surface area contributed by atoms with Gasteiger partial charge in [-0.25, -0.2) is 0 Å². The maximum Gasteiger partial charge on any atom is 0.0471 e. The highest BCUT2D eigenvalue weighted by molar-refractivity contribution is 9.10. The van der Waals surface area contributed by atoms with Gasteiger partial charge in [-0.3, -0.25) is 0 Å². The Kier molecular flexibility index (Phi) is 2.73. The van der Waals surface area contributed by atoms with E-state index in [0.29, 0.717) is 5.92 Å². The van der Waals surface area contributed by atoms with Crippen molar-refractivity contribution in [3.63, 3.8) is 0 Å².